The van der Waals surface area contributed by atoms with Gasteiger partial charge in [0.15, 0.2) is 17.3 Å². The largest absolute Gasteiger partial charge is 0.497 e. The number of rotatable bonds is 7. The first-order valence-corrected chi connectivity index (χ1v) is 11.8. The van der Waals surface area contributed by atoms with E-state index in [4.69, 9.17) is 18.9 Å². The fourth-order valence-corrected chi connectivity index (χ4v) is 4.76. The van der Waals surface area contributed by atoms with Crippen molar-refractivity contribution in [1.29, 1.82) is 0 Å². The summed E-state index contributed by atoms with van der Waals surface area (Å²) in [5, 5.41) is 4.24. The molecule has 4 rings (SSSR count). The number of carbonyl (C=O) groups is 1. The minimum Gasteiger partial charge on any atom is -0.497 e. The van der Waals surface area contributed by atoms with Crippen molar-refractivity contribution in [3.63, 3.8) is 0 Å². The van der Waals surface area contributed by atoms with E-state index in [9.17, 15) is 4.79 Å². The second-order valence-corrected chi connectivity index (χ2v) is 8.06. The number of methoxy groups -OCH3 is 4. The van der Waals surface area contributed by atoms with Gasteiger partial charge in [-0.1, -0.05) is 32.6 Å². The molecule has 1 heterocycles. The molecule has 1 atom stereocenters. The van der Waals surface area contributed by atoms with E-state index in [1.165, 1.54) is 12.7 Å². The average Bonchev–Trinajstić information content (AvgIpc) is 2.92. The average molecular weight is 478 g/mol. The number of fused-ring (bicyclic) bond motifs is 6. The summed E-state index contributed by atoms with van der Waals surface area (Å²) >= 11 is 0. The van der Waals surface area contributed by atoms with E-state index < -0.39 is 0 Å². The number of ether oxygens (including phenoxy) is 4. The van der Waals surface area contributed by atoms with Gasteiger partial charge < -0.3 is 23.8 Å². The third-order valence-corrected chi connectivity index (χ3v) is 6.45. The molecular weight excluding hydrogens is 442 g/mol. The summed E-state index contributed by atoms with van der Waals surface area (Å²) in [5.41, 5.74) is 2.30. The Morgan fingerprint density at radius 1 is 0.943 bits per heavy atom. The molecular formula is C29H35NO5. The first-order chi connectivity index (χ1) is 17.0. The van der Waals surface area contributed by atoms with Crippen LogP contribution in [0.4, 0.5) is 0 Å². The van der Waals surface area contributed by atoms with Gasteiger partial charge in [0.1, 0.15) is 5.75 Å². The maximum Gasteiger partial charge on any atom is 0.288 e. The van der Waals surface area contributed by atoms with Crippen molar-refractivity contribution in [3.05, 3.63) is 66.5 Å². The molecule has 3 aromatic carbocycles. The van der Waals surface area contributed by atoms with Gasteiger partial charge in [0.05, 0.1) is 28.4 Å². The number of hydrogen-bond acceptors (Lipinski definition) is 5. The van der Waals surface area contributed by atoms with Gasteiger partial charge in [-0.25, -0.2) is 0 Å². The Bertz CT molecular complexity index is 1260. The summed E-state index contributed by atoms with van der Waals surface area (Å²) in [6.45, 7) is 12.1. The van der Waals surface area contributed by atoms with Crippen molar-refractivity contribution in [2.45, 2.75) is 39.3 Å². The molecule has 6 heteroatoms. The van der Waals surface area contributed by atoms with Gasteiger partial charge in [0.25, 0.3) is 5.91 Å². The smallest absolute Gasteiger partial charge is 0.288 e. The molecule has 35 heavy (non-hydrogen) atoms. The van der Waals surface area contributed by atoms with E-state index in [-0.39, 0.29) is 17.7 Å². The SMILES string of the molecule is C=CCC1Cc2c(c3ccc(OC)cc3c3cc(OC)c(OC)cc23)CN1C(=O)C(=C)OC.CC. The Hall–Kier alpha value is -3.67. The summed E-state index contributed by atoms with van der Waals surface area (Å²) in [6.07, 6.45) is 3.19. The van der Waals surface area contributed by atoms with Crippen LogP contribution in [-0.4, -0.2) is 45.3 Å². The predicted molar refractivity (Wildman–Crippen MR) is 141 cm³/mol. The highest BCUT2D eigenvalue weighted by Crippen LogP contribution is 2.43. The molecule has 3 aromatic rings. The van der Waals surface area contributed by atoms with Crippen LogP contribution in [0.25, 0.3) is 21.5 Å². The number of nitrogens with zero attached hydrogens (tertiary/aromatic N) is 1. The Balaban J connectivity index is 0.00000167. The van der Waals surface area contributed by atoms with Gasteiger partial charge >= 0.3 is 0 Å². The molecule has 0 spiro atoms. The second kappa shape index (κ2) is 11.2. The summed E-state index contributed by atoms with van der Waals surface area (Å²) < 4.78 is 21.9. The van der Waals surface area contributed by atoms with Crippen LogP contribution in [0.1, 0.15) is 31.4 Å². The molecule has 6 nitrogen and oxygen atoms in total. The van der Waals surface area contributed by atoms with Crippen LogP contribution in [-0.2, 0) is 22.5 Å². The van der Waals surface area contributed by atoms with Crippen LogP contribution in [0, 0.1) is 0 Å². The molecule has 0 N–H and O–H groups in total. The minimum absolute atomic E-state index is 0.0543. The Labute approximate surface area is 207 Å². The fraction of sp³-hybridized carbons (Fsp3) is 0.345. The molecule has 186 valence electrons. The van der Waals surface area contributed by atoms with Gasteiger partial charge in [-0.2, -0.15) is 0 Å². The lowest BCUT2D eigenvalue weighted by molar-refractivity contribution is -0.133. The van der Waals surface area contributed by atoms with E-state index in [2.05, 4.69) is 19.2 Å². The van der Waals surface area contributed by atoms with Crippen LogP contribution in [0.15, 0.2) is 55.3 Å². The van der Waals surface area contributed by atoms with Crippen LogP contribution in [0.2, 0.25) is 0 Å². The highest BCUT2D eigenvalue weighted by Gasteiger charge is 2.33. The zero-order chi connectivity index (χ0) is 25.7. The fourth-order valence-electron chi connectivity index (χ4n) is 4.76. The van der Waals surface area contributed by atoms with E-state index in [1.807, 2.05) is 49.1 Å². The molecule has 1 aliphatic rings. The van der Waals surface area contributed by atoms with Crippen LogP contribution >= 0.6 is 0 Å². The van der Waals surface area contributed by atoms with Gasteiger partial charge in [-0.15, -0.1) is 6.58 Å². The summed E-state index contributed by atoms with van der Waals surface area (Å²) in [5.74, 6) is 2.02. The highest BCUT2D eigenvalue weighted by molar-refractivity contribution is 6.12. The Morgan fingerprint density at radius 3 is 2.14 bits per heavy atom. The van der Waals surface area contributed by atoms with Crippen molar-refractivity contribution in [2.24, 2.45) is 0 Å². The topological polar surface area (TPSA) is 57.2 Å². The van der Waals surface area contributed by atoms with Gasteiger partial charge in [0, 0.05) is 12.6 Å². The number of hydrogen-bond donors (Lipinski definition) is 0. The molecule has 1 amide bonds. The van der Waals surface area contributed by atoms with E-state index in [0.717, 1.165) is 32.9 Å². The quantitative estimate of drug-likeness (QED) is 0.180. The summed E-state index contributed by atoms with van der Waals surface area (Å²) in [6, 6.07) is 10.0. The maximum atomic E-state index is 13.1. The van der Waals surface area contributed by atoms with Gasteiger partial charge in [-0.3, -0.25) is 4.79 Å². The number of amides is 1. The normalized spacial score (nSPS) is 14.5. The van der Waals surface area contributed by atoms with Crippen molar-refractivity contribution >= 4 is 27.5 Å². The van der Waals surface area contributed by atoms with Crippen molar-refractivity contribution in [1.82, 2.24) is 4.90 Å². The molecule has 0 bridgehead atoms. The minimum atomic E-state index is -0.205. The van der Waals surface area contributed by atoms with Crippen molar-refractivity contribution in [2.75, 3.05) is 28.4 Å². The number of carbonyl (C=O) groups excluding carboxylic acids is 1. The highest BCUT2D eigenvalue weighted by atomic mass is 16.5. The Morgan fingerprint density at radius 2 is 1.57 bits per heavy atom. The lowest BCUT2D eigenvalue weighted by atomic mass is 9.84. The molecule has 0 saturated heterocycles. The molecule has 0 aromatic heterocycles. The zero-order valence-electron chi connectivity index (χ0n) is 21.6. The zero-order valence-corrected chi connectivity index (χ0v) is 21.6. The number of benzene rings is 3. The first kappa shape index (κ1) is 25.9. The lowest BCUT2D eigenvalue weighted by Gasteiger charge is -2.38. The van der Waals surface area contributed by atoms with Gasteiger partial charge in [-0.05, 0) is 69.8 Å². The first-order valence-electron chi connectivity index (χ1n) is 11.8. The molecule has 0 radical (unpaired) electrons. The molecule has 1 unspecified atom stereocenters. The monoisotopic (exact) mass is 477 g/mol. The maximum absolute atomic E-state index is 13.1. The van der Waals surface area contributed by atoms with E-state index in [1.54, 1.807) is 21.3 Å². The van der Waals surface area contributed by atoms with Gasteiger partial charge in [0.2, 0.25) is 0 Å². The van der Waals surface area contributed by atoms with E-state index >= 15 is 0 Å². The van der Waals surface area contributed by atoms with Crippen LogP contribution in [0.3, 0.4) is 0 Å². The molecule has 1 aliphatic heterocycles. The second-order valence-electron chi connectivity index (χ2n) is 8.06. The molecule has 0 aliphatic carbocycles. The lowest BCUT2D eigenvalue weighted by Crippen LogP contribution is -2.45. The molecule has 0 saturated carbocycles. The van der Waals surface area contributed by atoms with Crippen molar-refractivity contribution in [3.8, 4) is 17.2 Å². The van der Waals surface area contributed by atoms with Crippen molar-refractivity contribution < 1.29 is 23.7 Å². The van der Waals surface area contributed by atoms with Crippen LogP contribution in [0.5, 0.6) is 17.2 Å². The van der Waals surface area contributed by atoms with Crippen LogP contribution < -0.4 is 14.2 Å². The summed E-state index contributed by atoms with van der Waals surface area (Å²) in [4.78, 5) is 15.0. The third kappa shape index (κ3) is 4.65. The van der Waals surface area contributed by atoms with E-state index in [0.29, 0.717) is 30.9 Å². The standard InChI is InChI=1S/C27H29NO5.C2H6/c1-7-8-17-11-20-22-13-25(32-5)26(33-6)14-23(22)21-12-18(31-4)9-10-19(21)24(20)15-28(17)27(29)16(2)30-3;1-2/h7,9-10,12-14,17H,1-2,8,11,15H2,3-6H3;1-2H3. The summed E-state index contributed by atoms with van der Waals surface area (Å²) in [7, 11) is 6.39. The Kier molecular flexibility index (Phi) is 8.28. The third-order valence-electron chi connectivity index (χ3n) is 6.45. The predicted octanol–water partition coefficient (Wildman–Crippen LogP) is 6.03. The molecule has 0 fully saturated rings.